The van der Waals surface area contributed by atoms with E-state index < -0.39 is 11.6 Å². The third-order valence-corrected chi connectivity index (χ3v) is 5.34. The number of thiazole rings is 1. The lowest BCUT2D eigenvalue weighted by Crippen LogP contribution is -2.44. The molecular weight excluding hydrogens is 372 g/mol. The Morgan fingerprint density at radius 3 is 2.44 bits per heavy atom. The van der Waals surface area contributed by atoms with E-state index in [1.165, 1.54) is 11.4 Å². The molecule has 1 saturated heterocycles. The maximum absolute atomic E-state index is 13.9. The Morgan fingerprint density at radius 1 is 1.22 bits per heavy atom. The van der Waals surface area contributed by atoms with Gasteiger partial charge in [0, 0.05) is 30.4 Å². The fourth-order valence-electron chi connectivity index (χ4n) is 3.10. The summed E-state index contributed by atoms with van der Waals surface area (Å²) in [5.41, 5.74) is -0.0478. The van der Waals surface area contributed by atoms with E-state index in [0.29, 0.717) is 25.9 Å². The molecule has 3 rings (SSSR count). The number of carbonyl (C=O) groups is 2. The molecule has 2 amide bonds. The largest absolute Gasteiger partial charge is 0.354 e. The maximum Gasteiger partial charge on any atom is 0.273 e. The molecule has 0 unspecified atom stereocenters. The molecule has 0 bridgehead atoms. The number of likely N-dealkylation sites (tertiary alicyclic amines) is 1. The number of hydrogen-bond acceptors (Lipinski definition) is 4. The number of rotatable bonds is 4. The van der Waals surface area contributed by atoms with Crippen LogP contribution in [0.3, 0.4) is 0 Å². The first-order valence-electron chi connectivity index (χ1n) is 8.86. The van der Waals surface area contributed by atoms with Gasteiger partial charge in [-0.05, 0) is 38.8 Å². The van der Waals surface area contributed by atoms with Crippen LogP contribution in [0.25, 0.3) is 10.6 Å². The summed E-state index contributed by atoms with van der Waals surface area (Å²) in [4.78, 5) is 30.5. The molecule has 2 aromatic rings. The SMILES string of the molecule is CC(C)NC(=O)C1CCN(C(=O)c2csc(-c3c(F)cccc3F)n2)CC1. The Hall–Kier alpha value is -2.35. The summed E-state index contributed by atoms with van der Waals surface area (Å²) in [5, 5.41) is 4.55. The molecule has 5 nitrogen and oxygen atoms in total. The van der Waals surface area contributed by atoms with Crippen molar-refractivity contribution in [1.82, 2.24) is 15.2 Å². The zero-order valence-corrected chi connectivity index (χ0v) is 16.0. The zero-order valence-electron chi connectivity index (χ0n) is 15.2. The van der Waals surface area contributed by atoms with Gasteiger partial charge in [0.15, 0.2) is 0 Å². The predicted molar refractivity (Wildman–Crippen MR) is 99.4 cm³/mol. The number of halogens is 2. The van der Waals surface area contributed by atoms with Crippen LogP contribution in [0.4, 0.5) is 8.78 Å². The summed E-state index contributed by atoms with van der Waals surface area (Å²) in [6, 6.07) is 3.69. The number of carbonyl (C=O) groups excluding carboxylic acids is 2. The minimum Gasteiger partial charge on any atom is -0.354 e. The highest BCUT2D eigenvalue weighted by molar-refractivity contribution is 7.13. The lowest BCUT2D eigenvalue weighted by Gasteiger charge is -2.31. The summed E-state index contributed by atoms with van der Waals surface area (Å²) < 4.78 is 27.8. The van der Waals surface area contributed by atoms with Crippen molar-refractivity contribution in [3.63, 3.8) is 0 Å². The minimum atomic E-state index is -0.708. The molecule has 0 spiro atoms. The van der Waals surface area contributed by atoms with Gasteiger partial charge < -0.3 is 10.2 Å². The Morgan fingerprint density at radius 2 is 1.85 bits per heavy atom. The van der Waals surface area contributed by atoms with Crippen molar-refractivity contribution in [2.24, 2.45) is 5.92 Å². The van der Waals surface area contributed by atoms with Crippen molar-refractivity contribution < 1.29 is 18.4 Å². The first-order valence-corrected chi connectivity index (χ1v) is 9.74. The molecule has 2 heterocycles. The van der Waals surface area contributed by atoms with Gasteiger partial charge >= 0.3 is 0 Å². The molecule has 1 fully saturated rings. The van der Waals surface area contributed by atoms with Gasteiger partial charge in [0.2, 0.25) is 5.91 Å². The second-order valence-corrected chi connectivity index (χ2v) is 7.72. The third-order valence-electron chi connectivity index (χ3n) is 4.48. The molecule has 8 heteroatoms. The van der Waals surface area contributed by atoms with E-state index in [-0.39, 0.29) is 40.0 Å². The summed E-state index contributed by atoms with van der Waals surface area (Å²) in [5.74, 6) is -1.78. The van der Waals surface area contributed by atoms with Crippen molar-refractivity contribution in [2.45, 2.75) is 32.7 Å². The van der Waals surface area contributed by atoms with Crippen LogP contribution in [0.15, 0.2) is 23.6 Å². The summed E-state index contributed by atoms with van der Waals surface area (Å²) in [6.45, 7) is 4.73. The number of piperidine rings is 1. The fourth-order valence-corrected chi connectivity index (χ4v) is 3.94. The van der Waals surface area contributed by atoms with Gasteiger partial charge in [-0.1, -0.05) is 6.07 Å². The number of benzene rings is 1. The standard InChI is InChI=1S/C19H21F2N3O2S/c1-11(2)22-17(25)12-6-8-24(9-7-12)19(26)15-10-27-18(23-15)16-13(20)4-3-5-14(16)21/h3-5,10-12H,6-9H2,1-2H3,(H,22,25). The van der Waals surface area contributed by atoms with Gasteiger partial charge in [0.25, 0.3) is 5.91 Å². The van der Waals surface area contributed by atoms with Crippen molar-refractivity contribution in [3.05, 3.63) is 40.9 Å². The second-order valence-electron chi connectivity index (χ2n) is 6.86. The highest BCUT2D eigenvalue weighted by Crippen LogP contribution is 2.29. The van der Waals surface area contributed by atoms with Gasteiger partial charge in [0.1, 0.15) is 22.3 Å². The van der Waals surface area contributed by atoms with E-state index >= 15 is 0 Å². The summed E-state index contributed by atoms with van der Waals surface area (Å²) in [6.07, 6.45) is 1.17. The number of aromatic nitrogens is 1. The molecule has 0 aliphatic carbocycles. The van der Waals surface area contributed by atoms with Crippen molar-refractivity contribution in [2.75, 3.05) is 13.1 Å². The lowest BCUT2D eigenvalue weighted by atomic mass is 9.95. The van der Waals surface area contributed by atoms with Crippen LogP contribution < -0.4 is 5.32 Å². The monoisotopic (exact) mass is 393 g/mol. The molecule has 144 valence electrons. The van der Waals surface area contributed by atoms with E-state index in [9.17, 15) is 18.4 Å². The van der Waals surface area contributed by atoms with Gasteiger partial charge in [-0.3, -0.25) is 9.59 Å². The minimum absolute atomic E-state index is 0.0167. The molecule has 1 aromatic heterocycles. The van der Waals surface area contributed by atoms with Crippen LogP contribution in [-0.4, -0.2) is 40.8 Å². The highest BCUT2D eigenvalue weighted by Gasteiger charge is 2.29. The Balaban J connectivity index is 1.66. The van der Waals surface area contributed by atoms with E-state index in [1.807, 2.05) is 13.8 Å². The Kier molecular flexibility index (Phi) is 5.84. The number of nitrogens with zero attached hydrogens (tertiary/aromatic N) is 2. The first-order chi connectivity index (χ1) is 12.9. The van der Waals surface area contributed by atoms with E-state index in [0.717, 1.165) is 23.5 Å². The van der Waals surface area contributed by atoms with E-state index in [2.05, 4.69) is 10.3 Å². The van der Waals surface area contributed by atoms with Crippen LogP contribution >= 0.6 is 11.3 Å². The topological polar surface area (TPSA) is 62.3 Å². The quantitative estimate of drug-likeness (QED) is 0.865. The van der Waals surface area contributed by atoms with Crippen molar-refractivity contribution in [1.29, 1.82) is 0 Å². The van der Waals surface area contributed by atoms with Crippen LogP contribution in [0.2, 0.25) is 0 Å². The number of hydrogen-bond donors (Lipinski definition) is 1. The van der Waals surface area contributed by atoms with Crippen LogP contribution in [0.1, 0.15) is 37.2 Å². The van der Waals surface area contributed by atoms with Crippen molar-refractivity contribution >= 4 is 23.2 Å². The first kappa shape index (κ1) is 19.4. The van der Waals surface area contributed by atoms with Crippen LogP contribution in [-0.2, 0) is 4.79 Å². The summed E-state index contributed by atoms with van der Waals surface area (Å²) >= 11 is 1.03. The number of nitrogens with one attached hydrogen (secondary N) is 1. The van der Waals surface area contributed by atoms with E-state index in [4.69, 9.17) is 0 Å². The van der Waals surface area contributed by atoms with Crippen molar-refractivity contribution in [3.8, 4) is 10.6 Å². The van der Waals surface area contributed by atoms with E-state index in [1.54, 1.807) is 4.90 Å². The molecule has 1 aliphatic heterocycles. The normalized spacial score (nSPS) is 15.2. The molecule has 1 aromatic carbocycles. The van der Waals surface area contributed by atoms with Crippen LogP contribution in [0.5, 0.6) is 0 Å². The lowest BCUT2D eigenvalue weighted by molar-refractivity contribution is -0.126. The average molecular weight is 393 g/mol. The van der Waals surface area contributed by atoms with Crippen LogP contribution in [0, 0.1) is 17.6 Å². The predicted octanol–water partition coefficient (Wildman–Crippen LogP) is 3.47. The zero-order chi connectivity index (χ0) is 19.6. The fraction of sp³-hybridized carbons (Fsp3) is 0.421. The molecule has 0 saturated carbocycles. The maximum atomic E-state index is 13.9. The molecule has 27 heavy (non-hydrogen) atoms. The molecule has 0 atom stereocenters. The Labute approximate surface area is 160 Å². The number of amides is 2. The average Bonchev–Trinajstić information content (AvgIpc) is 3.10. The molecule has 1 N–H and O–H groups in total. The molecule has 1 aliphatic rings. The molecule has 0 radical (unpaired) electrons. The Bertz CT molecular complexity index is 825. The van der Waals surface area contributed by atoms with Gasteiger partial charge in [0.05, 0.1) is 5.56 Å². The van der Waals surface area contributed by atoms with Gasteiger partial charge in [-0.25, -0.2) is 13.8 Å². The smallest absolute Gasteiger partial charge is 0.273 e. The van der Waals surface area contributed by atoms with Gasteiger partial charge in [-0.15, -0.1) is 11.3 Å². The summed E-state index contributed by atoms with van der Waals surface area (Å²) in [7, 11) is 0. The second kappa shape index (κ2) is 8.12. The molecular formula is C19H21F2N3O2S. The highest BCUT2D eigenvalue weighted by atomic mass is 32.1. The third kappa shape index (κ3) is 4.32. The van der Waals surface area contributed by atoms with Gasteiger partial charge in [-0.2, -0.15) is 0 Å².